The second kappa shape index (κ2) is 4.03. The van der Waals surface area contributed by atoms with Crippen molar-refractivity contribution in [1.29, 1.82) is 0 Å². The summed E-state index contributed by atoms with van der Waals surface area (Å²) < 4.78 is 14.9. The van der Waals surface area contributed by atoms with E-state index >= 15 is 0 Å². The largest absolute Gasteiger partial charge is 0.490 e. The molecule has 1 aromatic carbocycles. The second-order valence-electron chi connectivity index (χ2n) is 4.69. The standard InChI is InChI=1S/C13H15BrN2O/c1-16(2)9-5-8-6-15-11-4-3-10(14)13(12(8)11)17-7-9/h3-4,6,9,15H,5,7H2,1-2H3/i/hT. The summed E-state index contributed by atoms with van der Waals surface area (Å²) in [4.78, 5) is 3.61. The molecule has 3 nitrogen and oxygen atoms in total. The van der Waals surface area contributed by atoms with Crippen LogP contribution in [0.4, 0.5) is 0 Å². The molecule has 0 spiro atoms. The predicted octanol–water partition coefficient (Wildman–Crippen LogP) is 2.80. The zero-order chi connectivity index (χ0) is 12.9. The molecule has 1 aromatic heterocycles. The molecule has 1 aliphatic heterocycles. The lowest BCUT2D eigenvalue weighted by Gasteiger charge is -2.22. The Labute approximate surface area is 110 Å². The van der Waals surface area contributed by atoms with Crippen LogP contribution in [0.1, 0.15) is 5.56 Å². The van der Waals surface area contributed by atoms with E-state index in [1.807, 2.05) is 18.3 Å². The molecule has 1 atom stereocenters. The average molecular weight is 297 g/mol. The molecule has 0 saturated carbocycles. The zero-order valence-electron chi connectivity index (χ0n) is 10.9. The number of H-pyrrole nitrogens is 1. The molecule has 3 rings (SSSR count). The fourth-order valence-electron chi connectivity index (χ4n) is 2.30. The van der Waals surface area contributed by atoms with Crippen molar-refractivity contribution in [3.8, 4) is 5.75 Å². The summed E-state index contributed by atoms with van der Waals surface area (Å²) in [5.41, 5.74) is 2.09. The van der Waals surface area contributed by atoms with Crippen LogP contribution in [0.2, 0.25) is 1.41 Å². The molecule has 90 valence electrons. The van der Waals surface area contributed by atoms with Crippen LogP contribution in [0.25, 0.3) is 10.9 Å². The van der Waals surface area contributed by atoms with E-state index in [1.165, 1.54) is 10.5 Å². The highest BCUT2D eigenvalue weighted by Gasteiger charge is 2.23. The molecule has 4 heteroatoms. The van der Waals surface area contributed by atoms with Crippen LogP contribution in [-0.4, -0.2) is 36.6 Å². The number of benzene rings is 1. The van der Waals surface area contributed by atoms with E-state index in [0.717, 1.165) is 27.5 Å². The van der Waals surface area contributed by atoms with Crippen LogP contribution in [-0.2, 0) is 6.42 Å². The minimum Gasteiger partial charge on any atom is -0.490 e. The van der Waals surface area contributed by atoms with Crippen molar-refractivity contribution < 1.29 is 6.15 Å². The maximum Gasteiger partial charge on any atom is 0.166 e. The number of nitrogens with zero attached hydrogens (tertiary/aromatic N) is 1. The van der Waals surface area contributed by atoms with E-state index < -0.39 is 0 Å². The molecule has 1 aliphatic rings. The highest BCUT2D eigenvalue weighted by Crippen LogP contribution is 2.38. The van der Waals surface area contributed by atoms with Crippen LogP contribution in [0, 0.1) is 0 Å². The van der Waals surface area contributed by atoms with Gasteiger partial charge in [0.1, 0.15) is 12.4 Å². The Balaban J connectivity index is 2.22. The molecule has 0 aliphatic carbocycles. The predicted molar refractivity (Wildman–Crippen MR) is 72.7 cm³/mol. The number of likely N-dealkylation sites (N-methyl/N-ethyl adjacent to an activating group) is 1. The smallest absolute Gasteiger partial charge is 0.166 e. The molecule has 17 heavy (non-hydrogen) atoms. The molecule has 0 saturated heterocycles. The Kier molecular flexibility index (Phi) is 2.37. The monoisotopic (exact) mass is 296 g/mol. The van der Waals surface area contributed by atoms with Crippen LogP contribution in [0.5, 0.6) is 5.75 Å². The van der Waals surface area contributed by atoms with Gasteiger partial charge in [0.25, 0.3) is 0 Å². The summed E-state index contributed by atoms with van der Waals surface area (Å²) in [6.45, 7) is 0.678. The summed E-state index contributed by atoms with van der Waals surface area (Å²) in [5, 5.41) is 1.07. The maximum absolute atomic E-state index is 7.96. The zero-order valence-corrected chi connectivity index (χ0v) is 11.5. The summed E-state index contributed by atoms with van der Waals surface area (Å²) in [7, 11) is 4.13. The number of halogens is 1. The van der Waals surface area contributed by atoms with Gasteiger partial charge in [0.05, 0.1) is 4.47 Å². The molecule has 1 unspecified atom stereocenters. The van der Waals surface area contributed by atoms with Crippen molar-refractivity contribution in [2.24, 2.45) is 0 Å². The molecule has 0 radical (unpaired) electrons. The number of aromatic nitrogens is 1. The fraction of sp³-hybridized carbons (Fsp3) is 0.385. The van der Waals surface area contributed by atoms with Gasteiger partial charge in [-0.3, -0.25) is 0 Å². The Hall–Kier alpha value is -1.00. The average Bonchev–Trinajstić information content (AvgIpc) is 2.52. The third kappa shape index (κ3) is 1.76. The lowest BCUT2D eigenvalue weighted by Crippen LogP contribution is -2.34. The van der Waals surface area contributed by atoms with Gasteiger partial charge in [-0.15, -0.1) is 0 Å². The third-order valence-electron chi connectivity index (χ3n) is 3.37. The Bertz CT molecular complexity index is 609. The molecular weight excluding hydrogens is 280 g/mol. The summed E-state index contributed by atoms with van der Waals surface area (Å²) in [6.07, 6.45) is 2.81. The van der Waals surface area contributed by atoms with Gasteiger partial charge in [0.15, 0.2) is 1.41 Å². The van der Waals surface area contributed by atoms with Gasteiger partial charge >= 0.3 is 0 Å². The number of hydrogen-bond acceptors (Lipinski definition) is 2. The second-order valence-corrected chi connectivity index (χ2v) is 5.54. The van der Waals surface area contributed by atoms with Crippen LogP contribution in [0.15, 0.2) is 22.8 Å². The van der Waals surface area contributed by atoms with Gasteiger partial charge in [-0.1, -0.05) is 0 Å². The summed E-state index contributed by atoms with van der Waals surface area (Å²) in [6, 6.07) is 4.25. The topological polar surface area (TPSA) is 28.3 Å². The molecule has 0 bridgehead atoms. The summed E-state index contributed by atoms with van der Waals surface area (Å²) in [5.74, 6) is 0.873. The van der Waals surface area contributed by atoms with Gasteiger partial charge in [0.2, 0.25) is 0 Å². The van der Waals surface area contributed by atoms with Crippen LogP contribution >= 0.6 is 15.9 Å². The van der Waals surface area contributed by atoms with Crippen molar-refractivity contribution in [2.75, 3.05) is 20.7 Å². The first-order valence-electron chi connectivity index (χ1n) is 6.13. The SMILES string of the molecule is [3H]n1cc2c3c(c(Br)ccc31)OCC(N(C)C)C2. The minimum absolute atomic E-state index is 0.342. The van der Waals surface area contributed by atoms with E-state index in [0.29, 0.717) is 12.6 Å². The molecule has 2 heterocycles. The van der Waals surface area contributed by atoms with Crippen LogP contribution in [0.3, 0.4) is 0 Å². The first kappa shape index (κ1) is 9.97. The molecule has 1 N–H and O–H groups in total. The normalized spacial score (nSPS) is 20.2. The highest BCUT2D eigenvalue weighted by molar-refractivity contribution is 9.10. The van der Waals surface area contributed by atoms with Crippen molar-refractivity contribution in [3.63, 3.8) is 0 Å². The van der Waals surface area contributed by atoms with Crippen molar-refractivity contribution >= 4 is 26.8 Å². The maximum atomic E-state index is 7.96. The minimum atomic E-state index is 0.342. The Morgan fingerprint density at radius 3 is 3.12 bits per heavy atom. The molecule has 0 fully saturated rings. The first-order valence-corrected chi connectivity index (χ1v) is 6.48. The van der Waals surface area contributed by atoms with Gasteiger partial charge in [-0.05, 0) is 54.1 Å². The van der Waals surface area contributed by atoms with E-state index in [4.69, 9.17) is 6.15 Å². The fourth-order valence-corrected chi connectivity index (χ4v) is 2.74. The van der Waals surface area contributed by atoms with Gasteiger partial charge < -0.3 is 14.6 Å². The molecule has 0 amide bonds. The van der Waals surface area contributed by atoms with Gasteiger partial charge in [-0.25, -0.2) is 0 Å². The van der Waals surface area contributed by atoms with Gasteiger partial charge in [0, 0.05) is 23.1 Å². The van der Waals surface area contributed by atoms with Crippen molar-refractivity contribution in [3.05, 3.63) is 28.4 Å². The first-order chi connectivity index (χ1) is 8.58. The van der Waals surface area contributed by atoms with E-state index in [1.54, 1.807) is 0 Å². The molecular formula is C13H15BrN2O. The van der Waals surface area contributed by atoms with E-state index in [9.17, 15) is 0 Å². The lowest BCUT2D eigenvalue weighted by molar-refractivity contribution is 0.189. The van der Waals surface area contributed by atoms with Crippen molar-refractivity contribution in [2.45, 2.75) is 12.5 Å². The highest BCUT2D eigenvalue weighted by atomic mass is 79.9. The Morgan fingerprint density at radius 2 is 2.35 bits per heavy atom. The van der Waals surface area contributed by atoms with Crippen molar-refractivity contribution in [1.82, 2.24) is 9.88 Å². The third-order valence-corrected chi connectivity index (χ3v) is 4.00. The van der Waals surface area contributed by atoms with E-state index in [-0.39, 0.29) is 0 Å². The number of hydrogen-bond donors (Lipinski definition) is 1. The Morgan fingerprint density at radius 1 is 1.53 bits per heavy atom. The molecule has 2 aromatic rings. The van der Waals surface area contributed by atoms with Crippen LogP contribution < -0.4 is 4.74 Å². The quantitative estimate of drug-likeness (QED) is 0.876. The number of nitrogens with one attached hydrogen (secondary N) is 1. The number of rotatable bonds is 1. The number of aromatic amines is 1. The number of ether oxygens (including phenoxy) is 1. The lowest BCUT2D eigenvalue weighted by atomic mass is 10.1. The van der Waals surface area contributed by atoms with E-state index in [2.05, 4.69) is 34.9 Å². The summed E-state index contributed by atoms with van der Waals surface area (Å²) >= 11 is 3.54. The van der Waals surface area contributed by atoms with Gasteiger partial charge in [-0.2, -0.15) is 0 Å².